The van der Waals surface area contributed by atoms with Gasteiger partial charge in [0.2, 0.25) is 0 Å². The molecule has 2 N–H and O–H groups in total. The smallest absolute Gasteiger partial charge is 0.154 e. The number of benzene rings is 2. The highest BCUT2D eigenvalue weighted by Crippen LogP contribution is 2.17. The van der Waals surface area contributed by atoms with E-state index in [-0.39, 0.29) is 0 Å². The summed E-state index contributed by atoms with van der Waals surface area (Å²) in [4.78, 5) is 0. The maximum absolute atomic E-state index is 8.34. The van der Waals surface area contributed by atoms with Crippen molar-refractivity contribution in [2.24, 2.45) is 0 Å². The minimum Gasteiger partial charge on any atom is -0.368 e. The van der Waals surface area contributed by atoms with Crippen LogP contribution in [-0.4, -0.2) is 22.8 Å². The van der Waals surface area contributed by atoms with Gasteiger partial charge in [0.05, 0.1) is 0 Å². The Bertz CT molecular complexity index is 395. The number of hydrogen-bond donors (Lipinski definition) is 2. The van der Waals surface area contributed by atoms with E-state index in [1.165, 1.54) is 25.0 Å². The summed E-state index contributed by atoms with van der Waals surface area (Å²) in [5.74, 6) is 0. The first-order valence-electron chi connectivity index (χ1n) is 6.21. The Labute approximate surface area is 114 Å². The first kappa shape index (κ1) is 15.4. The first-order valence-corrected chi connectivity index (χ1v) is 6.21. The van der Waals surface area contributed by atoms with Crippen LogP contribution in [0.4, 0.5) is 0 Å². The molecule has 2 unspecified atom stereocenters. The van der Waals surface area contributed by atoms with E-state index in [1.807, 2.05) is 12.1 Å². The molecule has 2 aromatic carbocycles. The molecule has 0 saturated heterocycles. The third-order valence-corrected chi connectivity index (χ3v) is 2.27. The SMILES string of the molecule is CC(O)OC(C)O.c1ccc(-c2ccccc2)cc1. The van der Waals surface area contributed by atoms with Gasteiger partial charge in [0, 0.05) is 0 Å². The number of hydrogen-bond acceptors (Lipinski definition) is 3. The lowest BCUT2D eigenvalue weighted by Gasteiger charge is -2.07. The fraction of sp³-hybridized carbons (Fsp3) is 0.250. The molecular weight excluding hydrogens is 240 g/mol. The average molecular weight is 260 g/mol. The third-order valence-electron chi connectivity index (χ3n) is 2.27. The van der Waals surface area contributed by atoms with Crippen LogP contribution in [0.3, 0.4) is 0 Å². The molecule has 0 heterocycles. The quantitative estimate of drug-likeness (QED) is 0.834. The molecule has 2 aromatic rings. The van der Waals surface area contributed by atoms with E-state index in [0.29, 0.717) is 0 Å². The van der Waals surface area contributed by atoms with Crippen LogP contribution in [0.1, 0.15) is 13.8 Å². The summed E-state index contributed by atoms with van der Waals surface area (Å²) in [6.45, 7) is 2.87. The van der Waals surface area contributed by atoms with E-state index < -0.39 is 12.6 Å². The highest BCUT2D eigenvalue weighted by Gasteiger charge is 1.97. The van der Waals surface area contributed by atoms with Crippen LogP contribution < -0.4 is 0 Å². The van der Waals surface area contributed by atoms with Crippen LogP contribution in [0.2, 0.25) is 0 Å². The Morgan fingerprint density at radius 2 is 1.00 bits per heavy atom. The van der Waals surface area contributed by atoms with Gasteiger partial charge in [-0.15, -0.1) is 0 Å². The molecule has 0 fully saturated rings. The molecule has 0 bridgehead atoms. The second kappa shape index (κ2) is 8.43. The van der Waals surface area contributed by atoms with Gasteiger partial charge < -0.3 is 14.9 Å². The van der Waals surface area contributed by atoms with Crippen molar-refractivity contribution in [3.63, 3.8) is 0 Å². The van der Waals surface area contributed by atoms with E-state index in [1.54, 1.807) is 0 Å². The molecular formula is C16H20O3. The van der Waals surface area contributed by atoms with Gasteiger partial charge in [0.15, 0.2) is 12.6 Å². The average Bonchev–Trinajstić information content (AvgIpc) is 2.40. The van der Waals surface area contributed by atoms with Crippen LogP contribution in [0.15, 0.2) is 60.7 Å². The second-order valence-corrected chi connectivity index (χ2v) is 4.07. The highest BCUT2D eigenvalue weighted by atomic mass is 16.7. The van der Waals surface area contributed by atoms with E-state index >= 15 is 0 Å². The van der Waals surface area contributed by atoms with Gasteiger partial charge in [-0.2, -0.15) is 0 Å². The minimum absolute atomic E-state index is 0.875. The maximum Gasteiger partial charge on any atom is 0.154 e. The van der Waals surface area contributed by atoms with E-state index in [9.17, 15) is 0 Å². The summed E-state index contributed by atoms with van der Waals surface area (Å²) in [7, 11) is 0. The Kier molecular flexibility index (Phi) is 6.82. The number of ether oxygens (including phenoxy) is 1. The van der Waals surface area contributed by atoms with Crippen molar-refractivity contribution in [3.05, 3.63) is 60.7 Å². The summed E-state index contributed by atoms with van der Waals surface area (Å²) < 4.78 is 4.36. The Morgan fingerprint density at radius 1 is 0.684 bits per heavy atom. The largest absolute Gasteiger partial charge is 0.368 e. The molecule has 0 radical (unpaired) electrons. The molecule has 0 spiro atoms. The number of rotatable bonds is 3. The molecule has 0 aliphatic carbocycles. The molecule has 19 heavy (non-hydrogen) atoms. The Balaban J connectivity index is 0.000000224. The topological polar surface area (TPSA) is 49.7 Å². The van der Waals surface area contributed by atoms with Gasteiger partial charge in [0.25, 0.3) is 0 Å². The molecule has 3 heteroatoms. The van der Waals surface area contributed by atoms with Crippen molar-refractivity contribution in [2.75, 3.05) is 0 Å². The minimum atomic E-state index is -0.875. The normalized spacial score (nSPS) is 13.1. The molecule has 0 aliphatic heterocycles. The number of aliphatic hydroxyl groups excluding tert-OH is 2. The van der Waals surface area contributed by atoms with Crippen LogP contribution in [0.5, 0.6) is 0 Å². The van der Waals surface area contributed by atoms with E-state index in [0.717, 1.165) is 0 Å². The van der Waals surface area contributed by atoms with Gasteiger partial charge in [-0.3, -0.25) is 0 Å². The van der Waals surface area contributed by atoms with Crippen LogP contribution >= 0.6 is 0 Å². The molecule has 3 nitrogen and oxygen atoms in total. The summed E-state index contributed by atoms with van der Waals surface area (Å²) >= 11 is 0. The van der Waals surface area contributed by atoms with Gasteiger partial charge in [-0.1, -0.05) is 60.7 Å². The molecule has 0 aromatic heterocycles. The van der Waals surface area contributed by atoms with Crippen molar-refractivity contribution < 1.29 is 14.9 Å². The lowest BCUT2D eigenvalue weighted by Crippen LogP contribution is -2.14. The molecule has 102 valence electrons. The predicted octanol–water partition coefficient (Wildman–Crippen LogP) is 3.03. The molecule has 2 atom stereocenters. The Hall–Kier alpha value is -1.68. The summed E-state index contributed by atoms with van der Waals surface area (Å²) in [5.41, 5.74) is 2.55. The van der Waals surface area contributed by atoms with Crippen molar-refractivity contribution in [1.29, 1.82) is 0 Å². The van der Waals surface area contributed by atoms with Crippen molar-refractivity contribution in [1.82, 2.24) is 0 Å². The second-order valence-electron chi connectivity index (χ2n) is 4.07. The molecule has 0 amide bonds. The van der Waals surface area contributed by atoms with Crippen LogP contribution in [0.25, 0.3) is 11.1 Å². The summed E-state index contributed by atoms with van der Waals surface area (Å²) in [6.07, 6.45) is -1.75. The fourth-order valence-electron chi connectivity index (χ4n) is 1.55. The maximum atomic E-state index is 8.34. The molecule has 0 aliphatic rings. The molecule has 2 rings (SSSR count). The predicted molar refractivity (Wildman–Crippen MR) is 76.3 cm³/mol. The fourth-order valence-corrected chi connectivity index (χ4v) is 1.55. The first-order chi connectivity index (χ1) is 9.09. The highest BCUT2D eigenvalue weighted by molar-refractivity contribution is 5.62. The van der Waals surface area contributed by atoms with Crippen molar-refractivity contribution in [3.8, 4) is 11.1 Å². The van der Waals surface area contributed by atoms with E-state index in [4.69, 9.17) is 10.2 Å². The van der Waals surface area contributed by atoms with Crippen LogP contribution in [0, 0.1) is 0 Å². The summed E-state index contributed by atoms with van der Waals surface area (Å²) in [6, 6.07) is 20.8. The standard InChI is InChI=1S/C12H10.C4H10O3/c1-3-7-11(8-4-1)12-9-5-2-6-10-12;1-3(5)7-4(2)6/h1-10H;3-6H,1-2H3. The monoisotopic (exact) mass is 260 g/mol. The number of aliphatic hydroxyl groups is 2. The van der Waals surface area contributed by atoms with Gasteiger partial charge in [-0.25, -0.2) is 0 Å². The van der Waals surface area contributed by atoms with Crippen molar-refractivity contribution >= 4 is 0 Å². The van der Waals surface area contributed by atoms with Gasteiger partial charge in [-0.05, 0) is 25.0 Å². The zero-order valence-corrected chi connectivity index (χ0v) is 11.2. The lowest BCUT2D eigenvalue weighted by molar-refractivity contribution is -0.190. The van der Waals surface area contributed by atoms with E-state index in [2.05, 4.69) is 53.3 Å². The Morgan fingerprint density at radius 3 is 1.21 bits per heavy atom. The zero-order valence-electron chi connectivity index (χ0n) is 11.2. The molecule has 0 saturated carbocycles. The summed E-state index contributed by atoms with van der Waals surface area (Å²) in [5, 5.41) is 16.7. The van der Waals surface area contributed by atoms with Gasteiger partial charge >= 0.3 is 0 Å². The van der Waals surface area contributed by atoms with Crippen LogP contribution in [-0.2, 0) is 4.74 Å². The third kappa shape index (κ3) is 6.72. The zero-order chi connectivity index (χ0) is 14.1. The van der Waals surface area contributed by atoms with Gasteiger partial charge in [0.1, 0.15) is 0 Å². The van der Waals surface area contributed by atoms with Crippen molar-refractivity contribution in [2.45, 2.75) is 26.4 Å². The lowest BCUT2D eigenvalue weighted by atomic mass is 10.1.